The highest BCUT2D eigenvalue weighted by Gasteiger charge is 2.30. The van der Waals surface area contributed by atoms with Gasteiger partial charge in [0.1, 0.15) is 30.0 Å². The number of ether oxygens (including phenoxy) is 3. The third kappa shape index (κ3) is 5.19. The lowest BCUT2D eigenvalue weighted by atomic mass is 9.88. The van der Waals surface area contributed by atoms with E-state index in [4.69, 9.17) is 24.5 Å². The van der Waals surface area contributed by atoms with Crippen LogP contribution in [0.1, 0.15) is 22.8 Å². The summed E-state index contributed by atoms with van der Waals surface area (Å²) < 4.78 is 41.1. The van der Waals surface area contributed by atoms with Crippen LogP contribution in [0.4, 0.5) is 0 Å². The Balaban J connectivity index is 1.79. The minimum atomic E-state index is -3.69. The molecule has 1 heterocycles. The van der Waals surface area contributed by atoms with Gasteiger partial charge in [-0.3, -0.25) is 0 Å². The van der Waals surface area contributed by atoms with Crippen LogP contribution in [0.15, 0.2) is 72.8 Å². The van der Waals surface area contributed by atoms with Gasteiger partial charge < -0.3 is 19.3 Å². The summed E-state index contributed by atoms with van der Waals surface area (Å²) >= 11 is 0. The maximum Gasteiger partial charge on any atom is 0.213 e. The van der Waals surface area contributed by atoms with Gasteiger partial charge in [0.15, 0.2) is 0 Å². The largest absolute Gasteiger partial charge is 0.496 e. The van der Waals surface area contributed by atoms with E-state index in [9.17, 15) is 8.42 Å². The zero-order valence-corrected chi connectivity index (χ0v) is 18.9. The van der Waals surface area contributed by atoms with Gasteiger partial charge in [-0.1, -0.05) is 42.5 Å². The van der Waals surface area contributed by atoms with Gasteiger partial charge >= 0.3 is 0 Å². The zero-order chi connectivity index (χ0) is 23.4. The number of rotatable bonds is 8. The molecule has 0 radical (unpaired) electrons. The number of aliphatic hydroxyl groups is 1. The fourth-order valence-electron chi connectivity index (χ4n) is 3.92. The van der Waals surface area contributed by atoms with Gasteiger partial charge in [-0.25, -0.2) is 13.6 Å². The van der Waals surface area contributed by atoms with E-state index < -0.39 is 16.1 Å². The molecule has 0 spiro atoms. The number of benzene rings is 3. The highest BCUT2D eigenvalue weighted by Crippen LogP contribution is 2.49. The van der Waals surface area contributed by atoms with Crippen LogP contribution in [0.25, 0.3) is 11.1 Å². The van der Waals surface area contributed by atoms with Crippen LogP contribution in [0.5, 0.6) is 17.2 Å². The SMILES string of the molecule is COc1cccc2c1-c1ccc(CS(N)(=O)=O)cc1C(c1cccc(OC/C=C/CO)c1)O2. The van der Waals surface area contributed by atoms with Gasteiger partial charge in [0, 0.05) is 11.1 Å². The van der Waals surface area contributed by atoms with E-state index in [0.717, 1.165) is 22.3 Å². The van der Waals surface area contributed by atoms with Gasteiger partial charge in [0.2, 0.25) is 10.0 Å². The summed E-state index contributed by atoms with van der Waals surface area (Å²) in [7, 11) is -2.09. The number of hydrogen-bond acceptors (Lipinski definition) is 6. The van der Waals surface area contributed by atoms with Crippen molar-refractivity contribution < 1.29 is 27.7 Å². The number of aliphatic hydroxyl groups excluding tert-OH is 1. The minimum absolute atomic E-state index is 0.0418. The smallest absolute Gasteiger partial charge is 0.213 e. The topological polar surface area (TPSA) is 108 Å². The first kappa shape index (κ1) is 22.8. The molecule has 3 aromatic carbocycles. The molecule has 33 heavy (non-hydrogen) atoms. The molecule has 0 bridgehead atoms. The van der Waals surface area contributed by atoms with Crippen LogP contribution in [0, 0.1) is 0 Å². The molecule has 0 aromatic heterocycles. The van der Waals surface area contributed by atoms with Crippen LogP contribution in [-0.4, -0.2) is 33.8 Å². The molecular formula is C25H25NO6S. The third-order valence-corrected chi connectivity index (χ3v) is 6.00. The summed E-state index contributed by atoms with van der Waals surface area (Å²) in [4.78, 5) is 0. The van der Waals surface area contributed by atoms with Crippen molar-refractivity contribution in [3.05, 3.63) is 89.5 Å². The van der Waals surface area contributed by atoms with Crippen molar-refractivity contribution in [1.29, 1.82) is 0 Å². The maximum absolute atomic E-state index is 11.7. The molecule has 0 aliphatic carbocycles. The number of hydrogen-bond donors (Lipinski definition) is 2. The second-order valence-electron chi connectivity index (χ2n) is 7.60. The van der Waals surface area contributed by atoms with E-state index in [0.29, 0.717) is 29.4 Å². The van der Waals surface area contributed by atoms with E-state index in [1.165, 1.54) is 0 Å². The molecule has 1 aliphatic heterocycles. The summed E-state index contributed by atoms with van der Waals surface area (Å²) in [6.07, 6.45) is 2.86. The Bertz CT molecular complexity index is 1290. The summed E-state index contributed by atoms with van der Waals surface area (Å²) in [6, 6.07) is 18.6. The number of primary sulfonamides is 1. The van der Waals surface area contributed by atoms with Crippen molar-refractivity contribution in [3.63, 3.8) is 0 Å². The number of fused-ring (bicyclic) bond motifs is 3. The van der Waals surface area contributed by atoms with Crippen molar-refractivity contribution in [3.8, 4) is 28.4 Å². The lowest BCUT2D eigenvalue weighted by Gasteiger charge is -2.30. The fraction of sp³-hybridized carbons (Fsp3) is 0.200. The molecule has 3 N–H and O–H groups in total. The first-order valence-electron chi connectivity index (χ1n) is 10.4. The van der Waals surface area contributed by atoms with E-state index in [1.54, 1.807) is 25.3 Å². The van der Waals surface area contributed by atoms with E-state index in [1.807, 2.05) is 54.6 Å². The maximum atomic E-state index is 11.7. The van der Waals surface area contributed by atoms with E-state index in [2.05, 4.69) is 0 Å². The molecule has 1 unspecified atom stereocenters. The van der Waals surface area contributed by atoms with Gasteiger partial charge in [-0.2, -0.15) is 0 Å². The second kappa shape index (κ2) is 9.66. The van der Waals surface area contributed by atoms with E-state index in [-0.39, 0.29) is 12.4 Å². The summed E-state index contributed by atoms with van der Waals surface area (Å²) in [5, 5.41) is 14.2. The molecule has 8 heteroatoms. The predicted octanol–water partition coefficient (Wildman–Crippen LogP) is 3.56. The molecule has 7 nitrogen and oxygen atoms in total. The van der Waals surface area contributed by atoms with Crippen LogP contribution >= 0.6 is 0 Å². The first-order chi connectivity index (χ1) is 15.9. The summed E-state index contributed by atoms with van der Waals surface area (Å²) in [6.45, 7) is 0.282. The molecule has 0 fully saturated rings. The molecule has 0 saturated heterocycles. The van der Waals surface area contributed by atoms with Crippen molar-refractivity contribution in [2.24, 2.45) is 5.14 Å². The molecule has 1 aliphatic rings. The second-order valence-corrected chi connectivity index (χ2v) is 9.21. The average Bonchev–Trinajstić information content (AvgIpc) is 2.80. The van der Waals surface area contributed by atoms with Gasteiger partial charge in [0.05, 0.1) is 25.0 Å². The van der Waals surface area contributed by atoms with Gasteiger partial charge in [0.25, 0.3) is 0 Å². The molecule has 0 amide bonds. The zero-order valence-electron chi connectivity index (χ0n) is 18.1. The molecular weight excluding hydrogens is 442 g/mol. The minimum Gasteiger partial charge on any atom is -0.496 e. The normalized spacial score (nSPS) is 14.9. The third-order valence-electron chi connectivity index (χ3n) is 5.27. The van der Waals surface area contributed by atoms with Crippen LogP contribution in [0.2, 0.25) is 0 Å². The van der Waals surface area contributed by atoms with Gasteiger partial charge in [-0.05, 0) is 41.5 Å². The number of nitrogens with two attached hydrogens (primary N) is 1. The van der Waals surface area contributed by atoms with Crippen LogP contribution in [-0.2, 0) is 15.8 Å². The summed E-state index contributed by atoms with van der Waals surface area (Å²) in [5.74, 6) is 1.71. The number of sulfonamides is 1. The first-order valence-corrected chi connectivity index (χ1v) is 12.1. The molecule has 4 rings (SSSR count). The summed E-state index contributed by atoms with van der Waals surface area (Å²) in [5.41, 5.74) is 3.94. The molecule has 1 atom stereocenters. The fourth-order valence-corrected chi connectivity index (χ4v) is 4.56. The highest BCUT2D eigenvalue weighted by atomic mass is 32.2. The Kier molecular flexibility index (Phi) is 6.69. The van der Waals surface area contributed by atoms with Crippen molar-refractivity contribution in [2.75, 3.05) is 20.3 Å². The van der Waals surface area contributed by atoms with Crippen molar-refractivity contribution >= 4 is 10.0 Å². The monoisotopic (exact) mass is 467 g/mol. The molecule has 172 valence electrons. The Morgan fingerprint density at radius 2 is 1.91 bits per heavy atom. The van der Waals surface area contributed by atoms with Crippen molar-refractivity contribution in [1.82, 2.24) is 0 Å². The standard InChI is InChI=1S/C25H25NO6S/c1-30-22-8-5-9-23-24(22)20-11-10-17(16-33(26,28)29)14-21(20)25(32-23)18-6-4-7-19(15-18)31-13-3-2-12-27/h2-11,14-15,25,27H,12-13,16H2,1H3,(H2,26,28,29)/b3-2+. The van der Waals surface area contributed by atoms with Crippen LogP contribution in [0.3, 0.4) is 0 Å². The average molecular weight is 468 g/mol. The molecule has 0 saturated carbocycles. The van der Waals surface area contributed by atoms with Gasteiger partial charge in [-0.15, -0.1) is 0 Å². The lowest BCUT2D eigenvalue weighted by molar-refractivity contribution is 0.241. The highest BCUT2D eigenvalue weighted by molar-refractivity contribution is 7.88. The predicted molar refractivity (Wildman–Crippen MR) is 126 cm³/mol. The Labute approximate surface area is 193 Å². The van der Waals surface area contributed by atoms with Crippen molar-refractivity contribution in [2.45, 2.75) is 11.9 Å². The Morgan fingerprint density at radius 1 is 1.09 bits per heavy atom. The van der Waals surface area contributed by atoms with Crippen LogP contribution < -0.4 is 19.3 Å². The number of methoxy groups -OCH3 is 1. The molecule has 3 aromatic rings. The Hall–Kier alpha value is -3.33. The Morgan fingerprint density at radius 3 is 2.67 bits per heavy atom. The van der Waals surface area contributed by atoms with E-state index >= 15 is 0 Å². The quantitative estimate of drug-likeness (QED) is 0.491. The lowest BCUT2D eigenvalue weighted by Crippen LogP contribution is -2.18.